The molecular formula is C20H19ClN4O5. The summed E-state index contributed by atoms with van der Waals surface area (Å²) in [4.78, 5) is 52.6. The number of fused-ring (bicyclic) bond motifs is 1. The number of carbonyl (C=O) groups excluding carboxylic acids is 3. The van der Waals surface area contributed by atoms with Crippen LogP contribution in [0.2, 0.25) is 5.02 Å². The van der Waals surface area contributed by atoms with Gasteiger partial charge in [-0.15, -0.1) is 0 Å². The Hall–Kier alpha value is -3.59. The van der Waals surface area contributed by atoms with Crippen molar-refractivity contribution in [1.82, 2.24) is 15.3 Å². The van der Waals surface area contributed by atoms with Gasteiger partial charge in [-0.25, -0.2) is 4.79 Å². The van der Waals surface area contributed by atoms with Gasteiger partial charge in [-0.3, -0.25) is 14.4 Å². The second-order valence-corrected chi connectivity index (χ2v) is 6.91. The average molecular weight is 431 g/mol. The number of amides is 2. The molecule has 156 valence electrons. The summed E-state index contributed by atoms with van der Waals surface area (Å²) < 4.78 is 5.10. The van der Waals surface area contributed by atoms with E-state index in [9.17, 15) is 19.2 Å². The van der Waals surface area contributed by atoms with Crippen molar-refractivity contribution in [2.24, 2.45) is 0 Å². The van der Waals surface area contributed by atoms with Gasteiger partial charge in [0.15, 0.2) is 6.10 Å². The van der Waals surface area contributed by atoms with Crippen molar-refractivity contribution in [2.45, 2.75) is 19.4 Å². The molecule has 0 spiro atoms. The first kappa shape index (κ1) is 21.1. The molecule has 0 aliphatic rings. The normalized spacial score (nSPS) is 11.7. The number of carbonyl (C=O) groups is 3. The predicted molar refractivity (Wildman–Crippen MR) is 112 cm³/mol. The Bertz CT molecular complexity index is 1140. The summed E-state index contributed by atoms with van der Waals surface area (Å²) in [6.07, 6.45) is -1.13. The van der Waals surface area contributed by atoms with Crippen LogP contribution >= 0.6 is 11.6 Å². The van der Waals surface area contributed by atoms with E-state index in [-0.39, 0.29) is 24.6 Å². The number of nitrogens with one attached hydrogen (secondary N) is 4. The Kier molecular flexibility index (Phi) is 6.53. The molecule has 0 unspecified atom stereocenters. The van der Waals surface area contributed by atoms with E-state index in [2.05, 4.69) is 20.6 Å². The molecular weight excluding hydrogens is 412 g/mol. The molecule has 0 aliphatic heterocycles. The highest BCUT2D eigenvalue weighted by molar-refractivity contribution is 6.30. The Balaban J connectivity index is 1.44. The zero-order chi connectivity index (χ0) is 21.7. The van der Waals surface area contributed by atoms with Crippen LogP contribution in [0.3, 0.4) is 0 Å². The Morgan fingerprint density at radius 2 is 1.77 bits per heavy atom. The number of rotatable bonds is 7. The second kappa shape index (κ2) is 9.27. The zero-order valence-corrected chi connectivity index (χ0v) is 16.7. The van der Waals surface area contributed by atoms with E-state index in [0.717, 1.165) is 0 Å². The molecule has 1 heterocycles. The molecule has 4 N–H and O–H groups in total. The SMILES string of the molecule is C[C@H](OC(=O)CCNC(=O)c1ccc(Cl)cc1)C(=O)Nc1ccc2[nH]c(=O)[nH]c2c1. The molecule has 2 amide bonds. The van der Waals surface area contributed by atoms with E-state index < -0.39 is 18.0 Å². The predicted octanol–water partition coefficient (Wildman–Crippen LogP) is 2.20. The highest BCUT2D eigenvalue weighted by Crippen LogP contribution is 2.15. The van der Waals surface area contributed by atoms with Crippen molar-refractivity contribution in [3.05, 3.63) is 63.5 Å². The summed E-state index contributed by atoms with van der Waals surface area (Å²) in [6, 6.07) is 11.2. The van der Waals surface area contributed by atoms with Gasteiger partial charge in [-0.05, 0) is 49.4 Å². The molecule has 0 fully saturated rings. The number of H-pyrrole nitrogens is 2. The summed E-state index contributed by atoms with van der Waals surface area (Å²) in [5.41, 5.74) is 1.66. The quantitative estimate of drug-likeness (QED) is 0.426. The fourth-order valence-electron chi connectivity index (χ4n) is 2.65. The van der Waals surface area contributed by atoms with Gasteiger partial charge in [-0.2, -0.15) is 0 Å². The third kappa shape index (κ3) is 5.48. The largest absolute Gasteiger partial charge is 0.452 e. The van der Waals surface area contributed by atoms with Crippen LogP contribution in [0.15, 0.2) is 47.3 Å². The van der Waals surface area contributed by atoms with Gasteiger partial charge in [0.1, 0.15) is 0 Å². The molecule has 0 saturated heterocycles. The molecule has 30 heavy (non-hydrogen) atoms. The summed E-state index contributed by atoms with van der Waals surface area (Å²) in [5.74, 6) is -1.49. The maximum atomic E-state index is 12.2. The number of hydrogen-bond donors (Lipinski definition) is 4. The first-order chi connectivity index (χ1) is 14.3. The van der Waals surface area contributed by atoms with E-state index >= 15 is 0 Å². The van der Waals surface area contributed by atoms with Crippen molar-refractivity contribution in [3.63, 3.8) is 0 Å². The molecule has 1 atom stereocenters. The number of imidazole rings is 1. The molecule has 0 bridgehead atoms. The molecule has 2 aromatic carbocycles. The van der Waals surface area contributed by atoms with E-state index in [4.69, 9.17) is 16.3 Å². The Morgan fingerprint density at radius 3 is 2.50 bits per heavy atom. The van der Waals surface area contributed by atoms with E-state index in [1.165, 1.54) is 6.92 Å². The second-order valence-electron chi connectivity index (χ2n) is 6.47. The van der Waals surface area contributed by atoms with Gasteiger partial charge in [-0.1, -0.05) is 11.6 Å². The monoisotopic (exact) mass is 430 g/mol. The highest BCUT2D eigenvalue weighted by atomic mass is 35.5. The number of hydrogen-bond acceptors (Lipinski definition) is 5. The Morgan fingerprint density at radius 1 is 1.07 bits per heavy atom. The van der Waals surface area contributed by atoms with Crippen LogP contribution in [0.25, 0.3) is 11.0 Å². The van der Waals surface area contributed by atoms with E-state index in [0.29, 0.717) is 27.3 Å². The number of aromatic amines is 2. The van der Waals surface area contributed by atoms with Crippen LogP contribution in [-0.4, -0.2) is 40.4 Å². The van der Waals surface area contributed by atoms with Crippen molar-refractivity contribution in [3.8, 4) is 0 Å². The molecule has 10 heteroatoms. The van der Waals surface area contributed by atoms with Crippen molar-refractivity contribution in [1.29, 1.82) is 0 Å². The fraction of sp³-hybridized carbons (Fsp3) is 0.200. The standard InChI is InChI=1S/C20H19ClN4O5/c1-11(18(27)23-14-6-7-15-16(10-14)25-20(29)24-15)30-17(26)8-9-22-19(28)12-2-4-13(21)5-3-12/h2-7,10-11H,8-9H2,1H3,(H,22,28)(H,23,27)(H2,24,25,29)/t11-/m0/s1. The lowest BCUT2D eigenvalue weighted by molar-refractivity contribution is -0.153. The first-order valence-electron chi connectivity index (χ1n) is 9.08. The maximum absolute atomic E-state index is 12.2. The average Bonchev–Trinajstić information content (AvgIpc) is 3.07. The third-order valence-electron chi connectivity index (χ3n) is 4.18. The number of halogens is 1. The third-order valence-corrected chi connectivity index (χ3v) is 4.43. The van der Waals surface area contributed by atoms with Gasteiger partial charge in [0, 0.05) is 22.8 Å². The van der Waals surface area contributed by atoms with Gasteiger partial charge in [0.25, 0.3) is 11.8 Å². The molecule has 1 aromatic heterocycles. The van der Waals surface area contributed by atoms with E-state index in [1.807, 2.05) is 0 Å². The molecule has 3 rings (SSSR count). The maximum Gasteiger partial charge on any atom is 0.323 e. The highest BCUT2D eigenvalue weighted by Gasteiger charge is 2.18. The first-order valence-corrected chi connectivity index (χ1v) is 9.46. The lowest BCUT2D eigenvalue weighted by Gasteiger charge is -2.14. The minimum atomic E-state index is -1.04. The number of esters is 1. The molecule has 9 nitrogen and oxygen atoms in total. The number of aromatic nitrogens is 2. The molecule has 0 aliphatic carbocycles. The Labute approximate surface area is 175 Å². The lowest BCUT2D eigenvalue weighted by Crippen LogP contribution is -2.32. The van der Waals surface area contributed by atoms with Gasteiger partial charge in [0.05, 0.1) is 17.5 Å². The number of ether oxygens (including phenoxy) is 1. The fourth-order valence-corrected chi connectivity index (χ4v) is 2.77. The molecule has 0 saturated carbocycles. The molecule has 3 aromatic rings. The van der Waals surface area contributed by atoms with Crippen molar-refractivity contribution >= 4 is 46.1 Å². The zero-order valence-electron chi connectivity index (χ0n) is 16.0. The summed E-state index contributed by atoms with van der Waals surface area (Å²) in [7, 11) is 0. The van der Waals surface area contributed by atoms with Gasteiger partial charge in [0.2, 0.25) is 0 Å². The smallest absolute Gasteiger partial charge is 0.323 e. The van der Waals surface area contributed by atoms with Crippen LogP contribution in [-0.2, 0) is 14.3 Å². The number of anilines is 1. The van der Waals surface area contributed by atoms with Crippen LogP contribution in [0.5, 0.6) is 0 Å². The summed E-state index contributed by atoms with van der Waals surface area (Å²) in [5, 5.41) is 5.73. The lowest BCUT2D eigenvalue weighted by atomic mass is 10.2. The summed E-state index contributed by atoms with van der Waals surface area (Å²) in [6.45, 7) is 1.50. The number of benzene rings is 2. The topological polar surface area (TPSA) is 133 Å². The van der Waals surface area contributed by atoms with Crippen molar-refractivity contribution < 1.29 is 19.1 Å². The van der Waals surface area contributed by atoms with Crippen LogP contribution in [0.4, 0.5) is 5.69 Å². The minimum absolute atomic E-state index is 0.0617. The van der Waals surface area contributed by atoms with Crippen LogP contribution in [0.1, 0.15) is 23.7 Å². The minimum Gasteiger partial charge on any atom is -0.452 e. The van der Waals surface area contributed by atoms with Gasteiger partial charge >= 0.3 is 11.7 Å². The summed E-state index contributed by atoms with van der Waals surface area (Å²) >= 11 is 5.77. The van der Waals surface area contributed by atoms with Crippen LogP contribution < -0.4 is 16.3 Å². The van der Waals surface area contributed by atoms with Crippen molar-refractivity contribution in [2.75, 3.05) is 11.9 Å². The van der Waals surface area contributed by atoms with E-state index in [1.54, 1.807) is 42.5 Å². The van der Waals surface area contributed by atoms with Gasteiger partial charge < -0.3 is 25.3 Å². The molecule has 0 radical (unpaired) electrons. The van der Waals surface area contributed by atoms with Crippen LogP contribution in [0, 0.1) is 0 Å².